The molecule has 0 heterocycles. The van der Waals surface area contributed by atoms with Gasteiger partial charge in [0.2, 0.25) is 0 Å². The van der Waals surface area contributed by atoms with Gasteiger partial charge in [0.05, 0.1) is 15.1 Å². The van der Waals surface area contributed by atoms with Crippen molar-refractivity contribution in [2.24, 2.45) is 0 Å². The molecular weight excluding hydrogens is 302 g/mol. The van der Waals surface area contributed by atoms with Crippen LogP contribution in [0.3, 0.4) is 0 Å². The quantitative estimate of drug-likeness (QED) is 0.652. The van der Waals surface area contributed by atoms with Crippen molar-refractivity contribution in [3.63, 3.8) is 0 Å². The Hall–Kier alpha value is -0.600. The zero-order chi connectivity index (χ0) is 12.4. The van der Waals surface area contributed by atoms with Crippen LogP contribution in [0, 0.1) is 0 Å². The van der Waals surface area contributed by atoms with Crippen LogP contribution in [-0.2, 0) is 0 Å². The van der Waals surface area contributed by atoms with E-state index >= 15 is 0 Å². The fourth-order valence-corrected chi connectivity index (χ4v) is 2.06. The lowest BCUT2D eigenvalue weighted by atomic mass is 10.3. The first-order chi connectivity index (χ1) is 8.09. The average Bonchev–Trinajstić information content (AvgIpc) is 2.29. The minimum Gasteiger partial charge on any atom is -0.453 e. The molecule has 2 aromatic carbocycles. The Morgan fingerprint density at radius 2 is 1.24 bits per heavy atom. The summed E-state index contributed by atoms with van der Waals surface area (Å²) < 4.78 is 5.57. The highest BCUT2D eigenvalue weighted by Gasteiger charge is 2.11. The molecule has 0 aliphatic heterocycles. The number of hydrogen-bond donors (Lipinski definition) is 0. The van der Waals surface area contributed by atoms with Gasteiger partial charge in [-0.25, -0.2) is 0 Å². The normalized spacial score (nSPS) is 10.4. The van der Waals surface area contributed by atoms with Crippen LogP contribution < -0.4 is 4.74 Å². The van der Waals surface area contributed by atoms with Crippen molar-refractivity contribution >= 4 is 46.4 Å². The lowest BCUT2D eigenvalue weighted by Crippen LogP contribution is -1.87. The van der Waals surface area contributed by atoms with E-state index in [1.54, 1.807) is 36.4 Å². The Kier molecular flexibility index (Phi) is 4.05. The van der Waals surface area contributed by atoms with E-state index in [1.165, 1.54) is 0 Å². The third-order valence-corrected chi connectivity index (χ3v) is 3.44. The van der Waals surface area contributed by atoms with E-state index in [1.807, 2.05) is 0 Å². The van der Waals surface area contributed by atoms with Gasteiger partial charge in [-0.2, -0.15) is 0 Å². The second-order valence-electron chi connectivity index (χ2n) is 3.20. The van der Waals surface area contributed by atoms with Crippen LogP contribution in [0.5, 0.6) is 11.5 Å². The lowest BCUT2D eigenvalue weighted by molar-refractivity contribution is 0.483. The second-order valence-corrected chi connectivity index (χ2v) is 4.80. The Balaban J connectivity index is 2.42. The molecule has 0 unspecified atom stereocenters. The van der Waals surface area contributed by atoms with Gasteiger partial charge in [0.25, 0.3) is 0 Å². The van der Waals surface area contributed by atoms with Crippen LogP contribution >= 0.6 is 46.4 Å². The first-order valence-electron chi connectivity index (χ1n) is 4.65. The minimum absolute atomic E-state index is 0.324. The topological polar surface area (TPSA) is 9.23 Å². The molecule has 0 saturated heterocycles. The number of halogens is 4. The van der Waals surface area contributed by atoms with E-state index in [-0.39, 0.29) is 0 Å². The van der Waals surface area contributed by atoms with Crippen LogP contribution in [0.1, 0.15) is 0 Å². The fraction of sp³-hybridized carbons (Fsp3) is 0. The minimum atomic E-state index is 0.324. The Morgan fingerprint density at radius 3 is 1.88 bits per heavy atom. The van der Waals surface area contributed by atoms with Gasteiger partial charge in [-0.05, 0) is 24.3 Å². The van der Waals surface area contributed by atoms with Crippen molar-refractivity contribution in [1.29, 1.82) is 0 Å². The molecular formula is C12H6Cl4O. The predicted octanol–water partition coefficient (Wildman–Crippen LogP) is 6.09. The van der Waals surface area contributed by atoms with Gasteiger partial charge in [-0.3, -0.25) is 0 Å². The molecule has 0 saturated carbocycles. The van der Waals surface area contributed by atoms with E-state index in [2.05, 4.69) is 0 Å². The fourth-order valence-electron chi connectivity index (χ4n) is 1.25. The molecule has 0 aliphatic rings. The SMILES string of the molecule is Clc1cccc(Oc2c(Cl)cccc2Cl)c1Cl. The molecule has 0 amide bonds. The zero-order valence-electron chi connectivity index (χ0n) is 8.38. The van der Waals surface area contributed by atoms with E-state index < -0.39 is 0 Å². The Morgan fingerprint density at radius 1 is 0.706 bits per heavy atom. The molecule has 0 aromatic heterocycles. The smallest absolute Gasteiger partial charge is 0.164 e. The van der Waals surface area contributed by atoms with Gasteiger partial charge in [0.15, 0.2) is 5.75 Å². The summed E-state index contributed by atoms with van der Waals surface area (Å²) in [7, 11) is 0. The molecule has 1 nitrogen and oxygen atoms in total. The maximum atomic E-state index is 6.00. The summed E-state index contributed by atoms with van der Waals surface area (Å²) in [5.41, 5.74) is 0. The number of para-hydroxylation sites is 1. The molecule has 5 heteroatoms. The standard InChI is InChI=1S/C12H6Cl4O/c13-7-3-2-6-10(11(7)16)17-12-8(14)4-1-5-9(12)15/h1-6H. The average molecular weight is 308 g/mol. The number of hydrogen-bond acceptors (Lipinski definition) is 1. The predicted molar refractivity (Wildman–Crippen MR) is 73.0 cm³/mol. The summed E-state index contributed by atoms with van der Waals surface area (Å²) in [6, 6.07) is 10.2. The molecule has 0 N–H and O–H groups in total. The summed E-state index contributed by atoms with van der Waals surface area (Å²) in [6.45, 7) is 0. The molecule has 2 rings (SSSR count). The van der Waals surface area contributed by atoms with Crippen molar-refractivity contribution in [3.8, 4) is 11.5 Å². The van der Waals surface area contributed by atoms with Crippen molar-refractivity contribution in [3.05, 3.63) is 56.5 Å². The summed E-state index contributed by atoms with van der Waals surface area (Å²) >= 11 is 23.9. The molecule has 0 spiro atoms. The van der Waals surface area contributed by atoms with Crippen LogP contribution in [0.4, 0.5) is 0 Å². The summed E-state index contributed by atoms with van der Waals surface area (Å²) in [6.07, 6.45) is 0. The van der Waals surface area contributed by atoms with Gasteiger partial charge in [0, 0.05) is 0 Å². The maximum Gasteiger partial charge on any atom is 0.164 e. The van der Waals surface area contributed by atoms with Gasteiger partial charge in [0.1, 0.15) is 10.8 Å². The molecule has 17 heavy (non-hydrogen) atoms. The van der Waals surface area contributed by atoms with Crippen LogP contribution in [0.2, 0.25) is 20.1 Å². The van der Waals surface area contributed by atoms with Crippen LogP contribution in [0.25, 0.3) is 0 Å². The third kappa shape index (κ3) is 2.80. The maximum absolute atomic E-state index is 6.00. The summed E-state index contributed by atoms with van der Waals surface area (Å²) in [5, 5.41) is 1.56. The Labute approximate surface area is 119 Å². The molecule has 0 aliphatic carbocycles. The molecule has 0 atom stereocenters. The van der Waals surface area contributed by atoms with Gasteiger partial charge < -0.3 is 4.74 Å². The highest BCUT2D eigenvalue weighted by molar-refractivity contribution is 6.43. The van der Waals surface area contributed by atoms with E-state index in [9.17, 15) is 0 Å². The highest BCUT2D eigenvalue weighted by Crippen LogP contribution is 2.40. The van der Waals surface area contributed by atoms with E-state index in [4.69, 9.17) is 51.1 Å². The van der Waals surface area contributed by atoms with Crippen molar-refractivity contribution < 1.29 is 4.74 Å². The Bertz CT molecular complexity index is 534. The van der Waals surface area contributed by atoms with Crippen molar-refractivity contribution in [2.75, 3.05) is 0 Å². The van der Waals surface area contributed by atoms with Crippen LogP contribution in [-0.4, -0.2) is 0 Å². The first-order valence-corrected chi connectivity index (χ1v) is 6.16. The third-order valence-electron chi connectivity index (χ3n) is 2.05. The molecule has 88 valence electrons. The van der Waals surface area contributed by atoms with Gasteiger partial charge in [-0.15, -0.1) is 0 Å². The van der Waals surface area contributed by atoms with Crippen molar-refractivity contribution in [1.82, 2.24) is 0 Å². The second kappa shape index (κ2) is 5.36. The number of benzene rings is 2. The number of rotatable bonds is 2. The summed E-state index contributed by atoms with van der Waals surface area (Å²) in [4.78, 5) is 0. The molecule has 0 bridgehead atoms. The van der Waals surface area contributed by atoms with Gasteiger partial charge >= 0.3 is 0 Å². The van der Waals surface area contributed by atoms with E-state index in [0.717, 1.165) is 0 Å². The first kappa shape index (κ1) is 12.8. The summed E-state index contributed by atoms with van der Waals surface area (Å²) in [5.74, 6) is 0.772. The largest absolute Gasteiger partial charge is 0.453 e. The highest BCUT2D eigenvalue weighted by atomic mass is 35.5. The van der Waals surface area contributed by atoms with Crippen LogP contribution in [0.15, 0.2) is 36.4 Å². The number of ether oxygens (including phenoxy) is 1. The molecule has 0 radical (unpaired) electrons. The van der Waals surface area contributed by atoms with E-state index in [0.29, 0.717) is 31.6 Å². The zero-order valence-corrected chi connectivity index (χ0v) is 11.4. The monoisotopic (exact) mass is 306 g/mol. The molecule has 2 aromatic rings. The van der Waals surface area contributed by atoms with Crippen molar-refractivity contribution in [2.45, 2.75) is 0 Å². The molecule has 0 fully saturated rings. The lowest BCUT2D eigenvalue weighted by Gasteiger charge is -2.11. The van der Waals surface area contributed by atoms with Gasteiger partial charge in [-0.1, -0.05) is 58.5 Å².